The molecule has 55 heavy (non-hydrogen) atoms. The number of carbonyl (C=O) groups is 1. The number of carboxylic acid groups (broad SMARTS) is 1. The maximum Gasteiger partial charge on any atom is 0.320 e. The fourth-order valence-electron chi connectivity index (χ4n) is 7.75. The van der Waals surface area contributed by atoms with Crippen molar-refractivity contribution in [3.05, 3.63) is 106 Å². The Hall–Kier alpha value is -4.28. The van der Waals surface area contributed by atoms with E-state index >= 15 is 0 Å². The van der Waals surface area contributed by atoms with Crippen molar-refractivity contribution in [1.29, 1.82) is 5.26 Å². The number of allylic oxidation sites excluding steroid dienone is 2. The highest BCUT2D eigenvalue weighted by molar-refractivity contribution is 6.32. The van der Waals surface area contributed by atoms with Gasteiger partial charge >= 0.3 is 5.97 Å². The quantitative estimate of drug-likeness (QED) is 0.154. The van der Waals surface area contributed by atoms with Crippen LogP contribution in [0.25, 0.3) is 5.57 Å². The van der Waals surface area contributed by atoms with E-state index in [-0.39, 0.29) is 25.9 Å². The molecule has 6 rings (SSSR count). The molecule has 2 fully saturated rings. The van der Waals surface area contributed by atoms with E-state index < -0.39 is 23.0 Å². The highest BCUT2D eigenvalue weighted by atomic mass is 35.5. The van der Waals surface area contributed by atoms with Gasteiger partial charge in [-0.1, -0.05) is 74.4 Å². The molecule has 2 saturated heterocycles. The summed E-state index contributed by atoms with van der Waals surface area (Å²) in [6.45, 7) is 8.97. The Morgan fingerprint density at radius 1 is 1.11 bits per heavy atom. The normalized spacial score (nSPS) is 22.8. The Morgan fingerprint density at radius 2 is 1.95 bits per heavy atom. The number of rotatable bonds is 16. The van der Waals surface area contributed by atoms with Gasteiger partial charge in [0.25, 0.3) is 0 Å². The van der Waals surface area contributed by atoms with Crippen molar-refractivity contribution in [1.82, 2.24) is 14.8 Å². The second-order valence-corrected chi connectivity index (χ2v) is 15.4. The summed E-state index contributed by atoms with van der Waals surface area (Å²) in [7, 11) is 0. The van der Waals surface area contributed by atoms with Crippen molar-refractivity contribution in [2.45, 2.75) is 70.4 Å². The smallest absolute Gasteiger partial charge is 0.320 e. The number of piperidine rings is 1. The van der Waals surface area contributed by atoms with Gasteiger partial charge in [0.1, 0.15) is 42.4 Å². The number of aromatic nitrogens is 1. The van der Waals surface area contributed by atoms with Gasteiger partial charge < -0.3 is 29.2 Å². The predicted molar refractivity (Wildman–Crippen MR) is 210 cm³/mol. The zero-order valence-electron chi connectivity index (χ0n) is 31.7. The molecule has 1 unspecified atom stereocenters. The third-order valence-corrected chi connectivity index (χ3v) is 11.3. The molecular formula is C43H51ClN4O7. The van der Waals surface area contributed by atoms with Gasteiger partial charge in [-0.05, 0) is 55.2 Å². The average molecular weight is 771 g/mol. The number of hydrogen-bond donors (Lipinski definition) is 2. The molecule has 0 saturated carbocycles. The Morgan fingerprint density at radius 3 is 2.73 bits per heavy atom. The minimum absolute atomic E-state index is 0.00399. The first-order chi connectivity index (χ1) is 26.6. The van der Waals surface area contributed by atoms with Crippen LogP contribution in [0.4, 0.5) is 0 Å². The van der Waals surface area contributed by atoms with Crippen LogP contribution in [-0.4, -0.2) is 101 Å². The number of halogens is 1. The number of aliphatic carboxylic acids is 1. The van der Waals surface area contributed by atoms with Crippen molar-refractivity contribution < 1.29 is 34.0 Å². The van der Waals surface area contributed by atoms with Crippen LogP contribution < -0.4 is 9.47 Å². The fraction of sp³-hybridized carbons (Fsp3) is 0.465. The average Bonchev–Trinajstić information content (AvgIpc) is 3.20. The van der Waals surface area contributed by atoms with E-state index in [9.17, 15) is 20.3 Å². The van der Waals surface area contributed by atoms with Crippen LogP contribution >= 0.6 is 11.6 Å². The molecule has 2 aromatic carbocycles. The number of nitriles is 1. The van der Waals surface area contributed by atoms with Crippen molar-refractivity contribution >= 4 is 23.1 Å². The summed E-state index contributed by atoms with van der Waals surface area (Å²) in [5.41, 5.74) is 2.67. The van der Waals surface area contributed by atoms with Crippen molar-refractivity contribution in [2.75, 3.05) is 52.6 Å². The molecule has 292 valence electrons. The molecule has 3 aromatic rings. The van der Waals surface area contributed by atoms with E-state index in [0.29, 0.717) is 61.4 Å². The zero-order valence-corrected chi connectivity index (χ0v) is 32.4. The summed E-state index contributed by atoms with van der Waals surface area (Å²) < 4.78 is 25.6. The molecule has 3 heterocycles. The van der Waals surface area contributed by atoms with Crippen LogP contribution in [0.5, 0.6) is 11.5 Å². The monoisotopic (exact) mass is 770 g/mol. The molecular weight excluding hydrogens is 720 g/mol. The van der Waals surface area contributed by atoms with Crippen LogP contribution in [0, 0.1) is 16.7 Å². The van der Waals surface area contributed by atoms with Gasteiger partial charge in [-0.3, -0.25) is 19.6 Å². The molecule has 1 aromatic heterocycles. The maximum atomic E-state index is 12.2. The number of pyridine rings is 1. The van der Waals surface area contributed by atoms with E-state index in [4.69, 9.17) is 30.5 Å². The van der Waals surface area contributed by atoms with Gasteiger partial charge in [0.05, 0.1) is 29.9 Å². The van der Waals surface area contributed by atoms with Gasteiger partial charge in [-0.25, -0.2) is 0 Å². The first-order valence-corrected chi connectivity index (χ1v) is 19.4. The third-order valence-electron chi connectivity index (χ3n) is 11.0. The van der Waals surface area contributed by atoms with Gasteiger partial charge in [-0.2, -0.15) is 5.26 Å². The van der Waals surface area contributed by atoms with Gasteiger partial charge in [0, 0.05) is 67.8 Å². The molecule has 0 spiro atoms. The number of morpholine rings is 1. The van der Waals surface area contributed by atoms with E-state index in [1.165, 1.54) is 6.20 Å². The second-order valence-electron chi connectivity index (χ2n) is 15.0. The lowest BCUT2D eigenvalue weighted by Crippen LogP contribution is -2.52. The van der Waals surface area contributed by atoms with Crippen LogP contribution in [-0.2, 0) is 27.4 Å². The van der Waals surface area contributed by atoms with E-state index in [1.807, 2.05) is 29.2 Å². The number of aliphatic hydroxyl groups excluding tert-OH is 1. The molecule has 3 aliphatic rings. The Bertz CT molecular complexity index is 1880. The van der Waals surface area contributed by atoms with Gasteiger partial charge in [-0.15, -0.1) is 0 Å². The van der Waals surface area contributed by atoms with Gasteiger partial charge in [0.15, 0.2) is 0 Å². The topological polar surface area (TPSA) is 138 Å². The second kappa shape index (κ2) is 18.6. The lowest BCUT2D eigenvalue weighted by Gasteiger charge is -2.47. The minimum Gasteiger partial charge on any atom is -0.488 e. The standard InChI is InChI=1S/C43H51ClN4O7/c1-42(2)36(33-10-4-3-5-11-33)12-8-14-43(42,55-18-9-15-47-17-19-52-35(27-47)28-49)30-54-40-22-39(53-29-32-20-31(23-45)24-46-25-32)34(21-37(40)44)26-48-16-7-6-13-38(48)41(50)51/h3-5,8,10-12,14,20-22,24-25,35,38,49H,6-7,9,13,15-19,26-30H2,1-2H3,(H,50,51)/t35-,38+,43?/m1/s1. The van der Waals surface area contributed by atoms with Gasteiger partial charge in [0.2, 0.25) is 0 Å². The Kier molecular flexibility index (Phi) is 13.6. The van der Waals surface area contributed by atoms with Crippen LogP contribution in [0.2, 0.25) is 5.02 Å². The molecule has 2 N–H and O–H groups in total. The molecule has 0 bridgehead atoms. The third kappa shape index (κ3) is 9.76. The summed E-state index contributed by atoms with van der Waals surface area (Å²) in [4.78, 5) is 20.6. The summed E-state index contributed by atoms with van der Waals surface area (Å²) >= 11 is 7.00. The molecule has 1 aliphatic carbocycles. The molecule has 0 radical (unpaired) electrons. The summed E-state index contributed by atoms with van der Waals surface area (Å²) in [5.74, 6) is 0.0647. The zero-order chi connectivity index (χ0) is 38.8. The molecule has 12 heteroatoms. The van der Waals surface area contributed by atoms with Crippen molar-refractivity contribution in [2.24, 2.45) is 5.41 Å². The number of carboxylic acids is 1. The fourth-order valence-corrected chi connectivity index (χ4v) is 7.99. The molecule has 2 aliphatic heterocycles. The molecule has 0 amide bonds. The first-order valence-electron chi connectivity index (χ1n) is 19.1. The lowest BCUT2D eigenvalue weighted by atomic mass is 9.65. The molecule has 11 nitrogen and oxygen atoms in total. The number of nitrogens with zero attached hydrogens (tertiary/aromatic N) is 4. The van der Waals surface area contributed by atoms with E-state index in [2.05, 4.69) is 54.1 Å². The van der Waals surface area contributed by atoms with Crippen LogP contribution in [0.1, 0.15) is 61.8 Å². The summed E-state index contributed by atoms with van der Waals surface area (Å²) in [6.07, 6.45) is 12.3. The van der Waals surface area contributed by atoms with Crippen molar-refractivity contribution in [3.63, 3.8) is 0 Å². The highest BCUT2D eigenvalue weighted by Crippen LogP contribution is 2.49. The number of aliphatic hydroxyl groups is 1. The SMILES string of the molecule is CC1(C)C(c2ccccc2)=CC=CC1(COc1cc(OCc2cncc(C#N)c2)c(CN2CCCC[C@H]2C(=O)O)cc1Cl)OCCCN1CCO[C@@H](CO)C1. The number of benzene rings is 2. The van der Waals surface area contributed by atoms with E-state index in [0.717, 1.165) is 54.6 Å². The highest BCUT2D eigenvalue weighted by Gasteiger charge is 2.49. The molecule has 3 atom stereocenters. The number of ether oxygens (including phenoxy) is 4. The largest absolute Gasteiger partial charge is 0.488 e. The maximum absolute atomic E-state index is 12.2. The lowest BCUT2D eigenvalue weighted by molar-refractivity contribution is -0.144. The Balaban J connectivity index is 1.27. The predicted octanol–water partition coefficient (Wildman–Crippen LogP) is 6.52. The van der Waals surface area contributed by atoms with Crippen LogP contribution in [0.3, 0.4) is 0 Å². The minimum atomic E-state index is -0.888. The first kappa shape index (κ1) is 40.4. The van der Waals surface area contributed by atoms with Crippen LogP contribution in [0.15, 0.2) is 79.2 Å². The Labute approximate surface area is 328 Å². The van der Waals surface area contributed by atoms with E-state index in [1.54, 1.807) is 24.4 Å². The summed E-state index contributed by atoms with van der Waals surface area (Å²) in [6, 6.07) is 17.1. The summed E-state index contributed by atoms with van der Waals surface area (Å²) in [5, 5.41) is 29.4. The van der Waals surface area contributed by atoms with Crippen molar-refractivity contribution in [3.8, 4) is 17.6 Å². The number of hydrogen-bond acceptors (Lipinski definition) is 10. The number of likely N-dealkylation sites (tertiary alicyclic amines) is 1.